The fourth-order valence-corrected chi connectivity index (χ4v) is 2.05. The van der Waals surface area contributed by atoms with E-state index in [2.05, 4.69) is 11.8 Å². The molecule has 5 heteroatoms. The summed E-state index contributed by atoms with van der Waals surface area (Å²) in [5.41, 5.74) is 7.18. The van der Waals surface area contributed by atoms with Crippen LogP contribution >= 0.6 is 0 Å². The van der Waals surface area contributed by atoms with Crippen molar-refractivity contribution < 1.29 is 15.1 Å². The predicted octanol–water partition coefficient (Wildman–Crippen LogP) is 2.60. The largest absolute Gasteiger partial charge is 0.376 e. The third-order valence-corrected chi connectivity index (χ3v) is 3.45. The van der Waals surface area contributed by atoms with Crippen LogP contribution in [0.25, 0.3) is 0 Å². The summed E-state index contributed by atoms with van der Waals surface area (Å²) < 4.78 is 0. The highest BCUT2D eigenvalue weighted by Crippen LogP contribution is 2.21. The highest BCUT2D eigenvalue weighted by Gasteiger charge is 2.17. The normalized spacial score (nSPS) is 12.7. The summed E-state index contributed by atoms with van der Waals surface area (Å²) in [6, 6.07) is 14.7. The van der Waals surface area contributed by atoms with Gasteiger partial charge in [-0.2, -0.15) is 5.06 Å². The highest BCUT2D eigenvalue weighted by atomic mass is 16.5. The van der Waals surface area contributed by atoms with Gasteiger partial charge in [0.2, 0.25) is 0 Å². The monoisotopic (exact) mass is 310 g/mol. The van der Waals surface area contributed by atoms with Gasteiger partial charge in [0.25, 0.3) is 0 Å². The third-order valence-electron chi connectivity index (χ3n) is 3.45. The molecule has 118 valence electrons. The molecule has 0 saturated carbocycles. The Balaban J connectivity index is 2.10. The van der Waals surface area contributed by atoms with Crippen molar-refractivity contribution in [3.05, 3.63) is 71.3 Å². The Morgan fingerprint density at radius 2 is 1.65 bits per heavy atom. The number of aliphatic hydroxyl groups is 1. The van der Waals surface area contributed by atoms with Gasteiger partial charge in [0, 0.05) is 5.56 Å². The van der Waals surface area contributed by atoms with Crippen LogP contribution in [0.4, 0.5) is 4.79 Å². The van der Waals surface area contributed by atoms with Crippen molar-refractivity contribution in [1.29, 1.82) is 0 Å². The molecule has 0 aromatic heterocycles. The number of amides is 2. The molecule has 4 N–H and O–H groups in total. The number of primary amides is 1. The molecular weight excluding hydrogens is 292 g/mol. The molecule has 0 bridgehead atoms. The standard InChI is InChI=1S/C18H18N2O3/c1-13(20(23)18(19)22)15-8-10-16(11-9-15)17(21)12-7-14-5-3-2-4-6-14/h2-6,8-11,13,17,21,23H,1H3,(H2,19,22). The average molecular weight is 310 g/mol. The van der Waals surface area contributed by atoms with E-state index < -0.39 is 18.2 Å². The number of carbonyl (C=O) groups excluding carboxylic acids is 1. The molecule has 0 saturated heterocycles. The van der Waals surface area contributed by atoms with Crippen molar-refractivity contribution in [2.45, 2.75) is 19.1 Å². The summed E-state index contributed by atoms with van der Waals surface area (Å²) in [5.74, 6) is 5.68. The Morgan fingerprint density at radius 1 is 1.09 bits per heavy atom. The van der Waals surface area contributed by atoms with Crippen LogP contribution in [-0.2, 0) is 0 Å². The number of hydrogen-bond acceptors (Lipinski definition) is 3. The number of nitrogens with two attached hydrogens (primary N) is 1. The summed E-state index contributed by atoms with van der Waals surface area (Å²) >= 11 is 0. The van der Waals surface area contributed by atoms with Crippen molar-refractivity contribution in [3.63, 3.8) is 0 Å². The van der Waals surface area contributed by atoms with E-state index in [0.29, 0.717) is 16.2 Å². The van der Waals surface area contributed by atoms with Gasteiger partial charge in [0.1, 0.15) is 6.10 Å². The van der Waals surface area contributed by atoms with Gasteiger partial charge in [-0.05, 0) is 30.2 Å². The Bertz CT molecular complexity index is 717. The molecule has 0 aliphatic heterocycles. The van der Waals surface area contributed by atoms with Crippen LogP contribution in [0.5, 0.6) is 0 Å². The molecule has 0 fully saturated rings. The second kappa shape index (κ2) is 7.45. The molecule has 2 rings (SSSR count). The molecule has 23 heavy (non-hydrogen) atoms. The lowest BCUT2D eigenvalue weighted by atomic mass is 10.0. The van der Waals surface area contributed by atoms with Gasteiger partial charge in [0.15, 0.2) is 0 Å². The molecule has 0 aliphatic rings. The van der Waals surface area contributed by atoms with Crippen LogP contribution in [0.3, 0.4) is 0 Å². The smallest absolute Gasteiger partial charge is 0.339 e. The van der Waals surface area contributed by atoms with Gasteiger partial charge in [-0.25, -0.2) is 4.79 Å². The van der Waals surface area contributed by atoms with Crippen LogP contribution in [0, 0.1) is 11.8 Å². The zero-order chi connectivity index (χ0) is 16.8. The Hall–Kier alpha value is -2.81. The molecule has 2 aromatic carbocycles. The van der Waals surface area contributed by atoms with E-state index >= 15 is 0 Å². The van der Waals surface area contributed by atoms with Gasteiger partial charge in [-0.15, -0.1) is 0 Å². The lowest BCUT2D eigenvalue weighted by molar-refractivity contribution is -0.0710. The maximum absolute atomic E-state index is 10.9. The molecular formula is C18H18N2O3. The number of hydroxylamine groups is 2. The SMILES string of the molecule is CC(c1ccc(C(O)C#Cc2ccccc2)cc1)N(O)C(N)=O. The topological polar surface area (TPSA) is 86.8 Å². The molecule has 0 spiro atoms. The number of hydrogen-bond donors (Lipinski definition) is 3. The van der Waals surface area contributed by atoms with Gasteiger partial charge < -0.3 is 10.8 Å². The summed E-state index contributed by atoms with van der Waals surface area (Å²) in [6.45, 7) is 1.64. The minimum atomic E-state index is -0.921. The summed E-state index contributed by atoms with van der Waals surface area (Å²) in [7, 11) is 0. The van der Waals surface area contributed by atoms with E-state index in [1.165, 1.54) is 0 Å². The number of nitrogens with zero attached hydrogens (tertiary/aromatic N) is 1. The predicted molar refractivity (Wildman–Crippen MR) is 86.3 cm³/mol. The van der Waals surface area contributed by atoms with Crippen LogP contribution < -0.4 is 5.73 Å². The fraction of sp³-hybridized carbons (Fsp3) is 0.167. The fourth-order valence-electron chi connectivity index (χ4n) is 2.05. The van der Waals surface area contributed by atoms with Crippen molar-refractivity contribution in [3.8, 4) is 11.8 Å². The van der Waals surface area contributed by atoms with E-state index in [1.54, 1.807) is 31.2 Å². The number of benzene rings is 2. The first-order chi connectivity index (χ1) is 11.0. The second-order valence-corrected chi connectivity index (χ2v) is 5.06. The molecule has 2 atom stereocenters. The molecule has 0 aliphatic carbocycles. The van der Waals surface area contributed by atoms with Crippen molar-refractivity contribution in [2.75, 3.05) is 0 Å². The minimum Gasteiger partial charge on any atom is -0.376 e. The lowest BCUT2D eigenvalue weighted by Gasteiger charge is -2.21. The van der Waals surface area contributed by atoms with E-state index in [4.69, 9.17) is 5.73 Å². The van der Waals surface area contributed by atoms with Crippen LogP contribution in [0.15, 0.2) is 54.6 Å². The first kappa shape index (κ1) is 16.6. The summed E-state index contributed by atoms with van der Waals surface area (Å²) in [5, 5.41) is 20.1. The van der Waals surface area contributed by atoms with Gasteiger partial charge in [0.05, 0.1) is 6.04 Å². The Labute approximate surface area is 134 Å². The first-order valence-corrected chi connectivity index (χ1v) is 7.11. The number of urea groups is 1. The van der Waals surface area contributed by atoms with Crippen LogP contribution in [0.2, 0.25) is 0 Å². The zero-order valence-corrected chi connectivity index (χ0v) is 12.7. The number of aliphatic hydroxyl groups excluding tert-OH is 1. The highest BCUT2D eigenvalue weighted by molar-refractivity contribution is 5.71. The maximum Gasteiger partial charge on any atom is 0.339 e. The Morgan fingerprint density at radius 3 is 2.22 bits per heavy atom. The quantitative estimate of drug-likeness (QED) is 0.462. The van der Waals surface area contributed by atoms with E-state index in [9.17, 15) is 15.1 Å². The van der Waals surface area contributed by atoms with Gasteiger partial charge in [-0.1, -0.05) is 54.3 Å². The van der Waals surface area contributed by atoms with E-state index in [0.717, 1.165) is 5.56 Å². The van der Waals surface area contributed by atoms with Gasteiger partial charge in [-0.3, -0.25) is 5.21 Å². The second-order valence-electron chi connectivity index (χ2n) is 5.06. The average Bonchev–Trinajstić information content (AvgIpc) is 2.59. The molecule has 2 aromatic rings. The van der Waals surface area contributed by atoms with Crippen molar-refractivity contribution in [2.24, 2.45) is 5.73 Å². The van der Waals surface area contributed by atoms with E-state index in [-0.39, 0.29) is 0 Å². The van der Waals surface area contributed by atoms with E-state index in [1.807, 2.05) is 30.3 Å². The molecule has 0 heterocycles. The summed E-state index contributed by atoms with van der Waals surface area (Å²) in [6.07, 6.45) is -0.916. The van der Waals surface area contributed by atoms with Crippen molar-refractivity contribution >= 4 is 6.03 Å². The van der Waals surface area contributed by atoms with Crippen LogP contribution in [0.1, 0.15) is 35.8 Å². The molecule has 5 nitrogen and oxygen atoms in total. The molecule has 2 unspecified atom stereocenters. The molecule has 0 radical (unpaired) electrons. The third kappa shape index (κ3) is 4.33. The van der Waals surface area contributed by atoms with Crippen LogP contribution in [-0.4, -0.2) is 21.4 Å². The van der Waals surface area contributed by atoms with Gasteiger partial charge >= 0.3 is 6.03 Å². The number of carbonyl (C=O) groups is 1. The first-order valence-electron chi connectivity index (χ1n) is 7.11. The molecule has 2 amide bonds. The maximum atomic E-state index is 10.9. The lowest BCUT2D eigenvalue weighted by Crippen LogP contribution is -2.34. The summed E-state index contributed by atoms with van der Waals surface area (Å²) in [4.78, 5) is 10.9. The Kier molecular flexibility index (Phi) is 5.36. The van der Waals surface area contributed by atoms with Crippen molar-refractivity contribution in [1.82, 2.24) is 5.06 Å². The minimum absolute atomic E-state index is 0.459. The number of rotatable bonds is 3. The zero-order valence-electron chi connectivity index (χ0n) is 12.7.